The first-order chi connectivity index (χ1) is 6.79. The van der Waals surface area contributed by atoms with Gasteiger partial charge in [-0.1, -0.05) is 13.8 Å². The molecule has 0 saturated carbocycles. The van der Waals surface area contributed by atoms with Crippen LogP contribution in [0.2, 0.25) is 0 Å². The fourth-order valence-corrected chi connectivity index (χ4v) is 0.927. The van der Waals surface area contributed by atoms with E-state index in [9.17, 15) is 4.79 Å². The van der Waals surface area contributed by atoms with Crippen LogP contribution < -0.4 is 5.32 Å². The Morgan fingerprint density at radius 1 is 1.64 bits per heavy atom. The predicted octanol–water partition coefficient (Wildman–Crippen LogP) is 1.73. The van der Waals surface area contributed by atoms with Crippen LogP contribution in [0.1, 0.15) is 31.3 Å². The van der Waals surface area contributed by atoms with Gasteiger partial charge < -0.3 is 5.32 Å². The van der Waals surface area contributed by atoms with Crippen molar-refractivity contribution >= 4 is 12.6 Å². The van der Waals surface area contributed by atoms with Crippen molar-refractivity contribution in [2.24, 2.45) is 5.10 Å². The maximum atomic E-state index is 11.3. The van der Waals surface area contributed by atoms with E-state index in [2.05, 4.69) is 17.1 Å². The van der Waals surface area contributed by atoms with E-state index in [0.29, 0.717) is 12.2 Å². The Bertz CT molecular complexity index is 291. The van der Waals surface area contributed by atoms with Gasteiger partial charge in [-0.2, -0.15) is 5.10 Å². The van der Waals surface area contributed by atoms with Crippen LogP contribution in [0, 0.1) is 0 Å². The molecule has 0 spiro atoms. The molecule has 78 valence electrons. The lowest BCUT2D eigenvalue weighted by atomic mass is 10.4. The van der Waals surface area contributed by atoms with Crippen LogP contribution in [0.15, 0.2) is 23.4 Å². The van der Waals surface area contributed by atoms with Gasteiger partial charge in [-0.05, 0) is 19.1 Å². The average molecular weight is 195 g/mol. The molecule has 0 fully saturated rings. The van der Waals surface area contributed by atoms with Crippen molar-refractivity contribution in [3.8, 4) is 0 Å². The van der Waals surface area contributed by atoms with Gasteiger partial charge in [0.25, 0.3) is 5.91 Å². The monoisotopic (exact) mass is 195 g/mol. The van der Waals surface area contributed by atoms with Gasteiger partial charge in [0.15, 0.2) is 0 Å². The molecule has 1 rings (SSSR count). The fraction of sp³-hybridized carbons (Fsp3) is 0.400. The lowest BCUT2D eigenvalue weighted by Crippen LogP contribution is -2.24. The van der Waals surface area contributed by atoms with Crippen molar-refractivity contribution in [1.82, 2.24) is 9.99 Å². The molecule has 0 aliphatic carbocycles. The third kappa shape index (κ3) is 3.05. The zero-order chi connectivity index (χ0) is 11.0. The summed E-state index contributed by atoms with van der Waals surface area (Å²) >= 11 is 0. The largest absolute Gasteiger partial charge is 0.351 e. The summed E-state index contributed by atoms with van der Waals surface area (Å²) in [6, 6.07) is 3.44. The number of amides is 1. The van der Waals surface area contributed by atoms with Crippen molar-refractivity contribution in [3.63, 3.8) is 0 Å². The molecule has 4 nitrogen and oxygen atoms in total. The highest BCUT2D eigenvalue weighted by Gasteiger charge is 2.07. The Morgan fingerprint density at radius 3 is 2.79 bits per heavy atom. The molecule has 0 radical (unpaired) electrons. The van der Waals surface area contributed by atoms with Crippen molar-refractivity contribution in [2.75, 3.05) is 6.54 Å². The second-order valence-corrected chi connectivity index (χ2v) is 2.24. The smallest absolute Gasteiger partial charge is 0.269 e. The quantitative estimate of drug-likeness (QED) is 0.733. The van der Waals surface area contributed by atoms with E-state index in [-0.39, 0.29) is 5.91 Å². The number of carbonyl (C=O) groups excluding carboxylic acids is 1. The van der Waals surface area contributed by atoms with E-state index in [1.165, 1.54) is 4.68 Å². The summed E-state index contributed by atoms with van der Waals surface area (Å²) < 4.78 is 1.44. The van der Waals surface area contributed by atoms with Crippen molar-refractivity contribution < 1.29 is 4.79 Å². The minimum Gasteiger partial charge on any atom is -0.351 e. The van der Waals surface area contributed by atoms with E-state index in [1.54, 1.807) is 18.3 Å². The number of hydrogen-bond acceptors (Lipinski definition) is 2. The molecular weight excluding hydrogens is 178 g/mol. The average Bonchev–Trinajstić information content (AvgIpc) is 2.69. The summed E-state index contributed by atoms with van der Waals surface area (Å²) in [4.78, 5) is 11.3. The number of rotatable bonds is 3. The molecule has 0 unspecified atom stereocenters. The summed E-state index contributed by atoms with van der Waals surface area (Å²) in [6.07, 6.45) is 1.68. The fourth-order valence-electron chi connectivity index (χ4n) is 0.927. The highest BCUT2D eigenvalue weighted by molar-refractivity contribution is 5.92. The maximum absolute atomic E-state index is 11.3. The van der Waals surface area contributed by atoms with Crippen LogP contribution in [-0.4, -0.2) is 23.8 Å². The van der Waals surface area contributed by atoms with Crippen LogP contribution in [0.5, 0.6) is 0 Å². The second kappa shape index (κ2) is 6.88. The number of nitrogens with zero attached hydrogens (tertiary/aromatic N) is 2. The van der Waals surface area contributed by atoms with Gasteiger partial charge in [0, 0.05) is 19.5 Å². The molecule has 1 N–H and O–H groups in total. The molecule has 4 heteroatoms. The highest BCUT2D eigenvalue weighted by atomic mass is 16.2. The Morgan fingerprint density at radius 2 is 2.29 bits per heavy atom. The summed E-state index contributed by atoms with van der Waals surface area (Å²) in [5, 5.41) is 6.31. The van der Waals surface area contributed by atoms with Gasteiger partial charge in [0.2, 0.25) is 0 Å². The Labute approximate surface area is 84.6 Å². The van der Waals surface area contributed by atoms with E-state index >= 15 is 0 Å². The molecule has 14 heavy (non-hydrogen) atoms. The summed E-state index contributed by atoms with van der Waals surface area (Å²) in [5.41, 5.74) is 0.506. The first-order valence-corrected chi connectivity index (χ1v) is 4.72. The molecule has 1 aromatic heterocycles. The van der Waals surface area contributed by atoms with Crippen LogP contribution in [0.4, 0.5) is 0 Å². The molecule has 0 aromatic carbocycles. The minimum absolute atomic E-state index is 0.130. The molecule has 0 aliphatic heterocycles. The van der Waals surface area contributed by atoms with Gasteiger partial charge in [0.1, 0.15) is 5.69 Å². The zero-order valence-corrected chi connectivity index (χ0v) is 8.95. The van der Waals surface area contributed by atoms with Gasteiger partial charge >= 0.3 is 0 Å². The number of carbonyl (C=O) groups is 1. The van der Waals surface area contributed by atoms with Gasteiger partial charge in [-0.15, -0.1) is 0 Å². The van der Waals surface area contributed by atoms with Crippen LogP contribution in [0.3, 0.4) is 0 Å². The van der Waals surface area contributed by atoms with Crippen molar-refractivity contribution in [1.29, 1.82) is 0 Å². The molecule has 0 aliphatic rings. The Hall–Kier alpha value is -1.58. The lowest BCUT2D eigenvalue weighted by Gasteiger charge is -2.01. The van der Waals surface area contributed by atoms with Crippen LogP contribution in [-0.2, 0) is 0 Å². The van der Waals surface area contributed by atoms with E-state index < -0.39 is 0 Å². The maximum Gasteiger partial charge on any atom is 0.269 e. The van der Waals surface area contributed by atoms with E-state index in [4.69, 9.17) is 0 Å². The van der Waals surface area contributed by atoms with Gasteiger partial charge in [0.05, 0.1) is 0 Å². The Balaban J connectivity index is 0.000000791. The molecular formula is C10H17N3O. The SMILES string of the molecule is C=Nn1cccc1C(=O)NCC.CC. The number of hydrogen-bond donors (Lipinski definition) is 1. The minimum atomic E-state index is -0.130. The zero-order valence-electron chi connectivity index (χ0n) is 8.95. The number of aromatic nitrogens is 1. The first-order valence-electron chi connectivity index (χ1n) is 4.72. The summed E-state index contributed by atoms with van der Waals surface area (Å²) in [6.45, 7) is 9.82. The molecule has 1 amide bonds. The summed E-state index contributed by atoms with van der Waals surface area (Å²) in [7, 11) is 0. The standard InChI is InChI=1S/C8H11N3O.C2H6/c1-3-10-8(12)7-5-4-6-11(7)9-2;1-2/h4-6H,2-3H2,1H3,(H,10,12);1-2H3. The second-order valence-electron chi connectivity index (χ2n) is 2.24. The van der Waals surface area contributed by atoms with Gasteiger partial charge in [-0.3, -0.25) is 4.79 Å². The lowest BCUT2D eigenvalue weighted by molar-refractivity contribution is 0.0947. The first kappa shape index (κ1) is 12.4. The van der Waals surface area contributed by atoms with Crippen molar-refractivity contribution in [3.05, 3.63) is 24.0 Å². The third-order valence-electron chi connectivity index (χ3n) is 1.45. The van der Waals surface area contributed by atoms with Crippen LogP contribution in [0.25, 0.3) is 0 Å². The summed E-state index contributed by atoms with van der Waals surface area (Å²) in [5.74, 6) is -0.130. The van der Waals surface area contributed by atoms with Crippen molar-refractivity contribution in [2.45, 2.75) is 20.8 Å². The molecule has 1 aromatic rings. The van der Waals surface area contributed by atoms with E-state index in [0.717, 1.165) is 0 Å². The van der Waals surface area contributed by atoms with E-state index in [1.807, 2.05) is 20.8 Å². The molecule has 0 saturated heterocycles. The van der Waals surface area contributed by atoms with Crippen LogP contribution >= 0.6 is 0 Å². The Kier molecular flexibility index (Phi) is 6.11. The topological polar surface area (TPSA) is 46.4 Å². The normalized spacial score (nSPS) is 8.50. The molecule has 1 heterocycles. The highest BCUT2D eigenvalue weighted by Crippen LogP contribution is 2.00. The molecule has 0 bridgehead atoms. The molecule has 0 atom stereocenters. The predicted molar refractivity (Wildman–Crippen MR) is 58.7 cm³/mol. The number of nitrogens with one attached hydrogen (secondary N) is 1. The third-order valence-corrected chi connectivity index (χ3v) is 1.45. The van der Waals surface area contributed by atoms with Gasteiger partial charge in [-0.25, -0.2) is 4.68 Å².